The average molecular weight is 208 g/mol. The Morgan fingerprint density at radius 1 is 1.36 bits per heavy atom. The van der Waals surface area contributed by atoms with Crippen molar-refractivity contribution < 1.29 is 4.79 Å². The number of benzene rings is 1. The maximum absolute atomic E-state index is 10.2. The molecule has 0 aliphatic rings. The third-order valence-corrected chi connectivity index (χ3v) is 3.27. The molecular formula is C12H16OS. The Bertz CT molecular complexity index is 258. The van der Waals surface area contributed by atoms with E-state index in [2.05, 4.69) is 31.2 Å². The van der Waals surface area contributed by atoms with Gasteiger partial charge in [-0.2, -0.15) is 11.8 Å². The normalized spacial score (nSPS) is 12.4. The Morgan fingerprint density at radius 2 is 2.07 bits per heavy atom. The second-order valence-corrected chi connectivity index (χ2v) is 4.87. The first kappa shape index (κ1) is 11.3. The van der Waals surface area contributed by atoms with Crippen molar-refractivity contribution >= 4 is 18.0 Å². The lowest BCUT2D eigenvalue weighted by atomic mass is 10.2. The highest BCUT2D eigenvalue weighted by atomic mass is 32.2. The van der Waals surface area contributed by atoms with E-state index in [0.717, 1.165) is 18.5 Å². The largest absolute Gasteiger partial charge is 0.303 e. The van der Waals surface area contributed by atoms with Gasteiger partial charge in [0, 0.05) is 11.7 Å². The van der Waals surface area contributed by atoms with Crippen LogP contribution in [0.15, 0.2) is 30.3 Å². The summed E-state index contributed by atoms with van der Waals surface area (Å²) < 4.78 is 0. The summed E-state index contributed by atoms with van der Waals surface area (Å²) in [6.45, 7) is 2.10. The highest BCUT2D eigenvalue weighted by Gasteiger charge is 2.00. The van der Waals surface area contributed by atoms with Gasteiger partial charge in [0.15, 0.2) is 0 Å². The van der Waals surface area contributed by atoms with Gasteiger partial charge in [-0.3, -0.25) is 0 Å². The van der Waals surface area contributed by atoms with Gasteiger partial charge in [-0.15, -0.1) is 0 Å². The van der Waals surface area contributed by atoms with Crippen LogP contribution in [0.1, 0.15) is 18.9 Å². The molecule has 0 spiro atoms. The standard InChI is InChI=1S/C12H16OS/c1-11(7-9-13)14-10-8-12-5-3-2-4-6-12/h2-6,9,11H,7-8,10H2,1H3. The monoisotopic (exact) mass is 208 g/mol. The fourth-order valence-corrected chi connectivity index (χ4v) is 2.20. The second-order valence-electron chi connectivity index (χ2n) is 3.32. The van der Waals surface area contributed by atoms with Crippen LogP contribution in [0.25, 0.3) is 0 Å². The van der Waals surface area contributed by atoms with Crippen LogP contribution in [0, 0.1) is 0 Å². The van der Waals surface area contributed by atoms with Crippen LogP contribution in [0.4, 0.5) is 0 Å². The minimum atomic E-state index is 0.455. The van der Waals surface area contributed by atoms with Gasteiger partial charge in [-0.1, -0.05) is 37.3 Å². The number of hydrogen-bond acceptors (Lipinski definition) is 2. The van der Waals surface area contributed by atoms with E-state index in [9.17, 15) is 4.79 Å². The van der Waals surface area contributed by atoms with Crippen LogP contribution in [0.5, 0.6) is 0 Å². The van der Waals surface area contributed by atoms with Crippen LogP contribution in [-0.2, 0) is 11.2 Å². The Labute approximate surface area is 89.9 Å². The van der Waals surface area contributed by atoms with E-state index in [0.29, 0.717) is 11.7 Å². The lowest BCUT2D eigenvalue weighted by Gasteiger charge is -2.06. The summed E-state index contributed by atoms with van der Waals surface area (Å²) in [7, 11) is 0. The van der Waals surface area contributed by atoms with Crippen molar-refractivity contribution in [2.75, 3.05) is 5.75 Å². The van der Waals surface area contributed by atoms with Gasteiger partial charge < -0.3 is 4.79 Å². The first-order valence-electron chi connectivity index (χ1n) is 4.92. The van der Waals surface area contributed by atoms with E-state index < -0.39 is 0 Å². The topological polar surface area (TPSA) is 17.1 Å². The highest BCUT2D eigenvalue weighted by molar-refractivity contribution is 7.99. The highest BCUT2D eigenvalue weighted by Crippen LogP contribution is 2.14. The van der Waals surface area contributed by atoms with E-state index in [-0.39, 0.29) is 0 Å². The van der Waals surface area contributed by atoms with Gasteiger partial charge in [0.05, 0.1) is 0 Å². The van der Waals surface area contributed by atoms with E-state index in [1.807, 2.05) is 17.8 Å². The first-order chi connectivity index (χ1) is 6.83. The van der Waals surface area contributed by atoms with E-state index in [1.165, 1.54) is 5.56 Å². The predicted octanol–water partition coefficient (Wildman–Crippen LogP) is 2.94. The Kier molecular flexibility index (Phi) is 5.38. The molecule has 1 nitrogen and oxygen atoms in total. The molecule has 0 aliphatic carbocycles. The van der Waals surface area contributed by atoms with Crippen molar-refractivity contribution in [1.82, 2.24) is 0 Å². The fourth-order valence-electron chi connectivity index (χ4n) is 1.23. The molecule has 0 N–H and O–H groups in total. The zero-order valence-corrected chi connectivity index (χ0v) is 9.30. The van der Waals surface area contributed by atoms with Gasteiger partial charge in [-0.25, -0.2) is 0 Å². The van der Waals surface area contributed by atoms with Gasteiger partial charge in [-0.05, 0) is 17.7 Å². The molecule has 1 unspecified atom stereocenters. The van der Waals surface area contributed by atoms with E-state index in [4.69, 9.17) is 0 Å². The molecule has 1 rings (SSSR count). The summed E-state index contributed by atoms with van der Waals surface area (Å²) in [5.41, 5.74) is 1.37. The molecule has 1 aromatic rings. The summed E-state index contributed by atoms with van der Waals surface area (Å²) in [5.74, 6) is 1.10. The van der Waals surface area contributed by atoms with Gasteiger partial charge in [0.1, 0.15) is 6.29 Å². The summed E-state index contributed by atoms with van der Waals surface area (Å²) in [5, 5.41) is 0.455. The SMILES string of the molecule is CC(CC=O)SCCc1ccccc1. The molecule has 0 radical (unpaired) electrons. The minimum Gasteiger partial charge on any atom is -0.303 e. The van der Waals surface area contributed by atoms with Crippen LogP contribution in [0.3, 0.4) is 0 Å². The quantitative estimate of drug-likeness (QED) is 0.669. The molecule has 2 heteroatoms. The summed E-state index contributed by atoms with van der Waals surface area (Å²) in [6, 6.07) is 10.4. The van der Waals surface area contributed by atoms with Crippen molar-refractivity contribution in [3.05, 3.63) is 35.9 Å². The summed E-state index contributed by atoms with van der Waals surface area (Å²) in [6.07, 6.45) is 2.76. The number of carbonyl (C=O) groups is 1. The van der Waals surface area contributed by atoms with Crippen LogP contribution in [0.2, 0.25) is 0 Å². The average Bonchev–Trinajstić information content (AvgIpc) is 2.20. The molecule has 0 saturated heterocycles. The van der Waals surface area contributed by atoms with Crippen molar-refractivity contribution in [2.45, 2.75) is 25.0 Å². The molecule has 1 atom stereocenters. The number of aldehydes is 1. The molecule has 0 aliphatic heterocycles. The second kappa shape index (κ2) is 6.66. The maximum atomic E-state index is 10.2. The van der Waals surface area contributed by atoms with E-state index >= 15 is 0 Å². The molecule has 0 saturated carbocycles. The molecule has 0 aromatic heterocycles. The molecule has 0 amide bonds. The van der Waals surface area contributed by atoms with Crippen LogP contribution < -0.4 is 0 Å². The predicted molar refractivity (Wildman–Crippen MR) is 62.7 cm³/mol. The molecule has 0 fully saturated rings. The number of aryl methyl sites for hydroxylation is 1. The third kappa shape index (κ3) is 4.47. The number of thioether (sulfide) groups is 1. The smallest absolute Gasteiger partial charge is 0.121 e. The van der Waals surface area contributed by atoms with Gasteiger partial charge >= 0.3 is 0 Å². The fraction of sp³-hybridized carbons (Fsp3) is 0.417. The molecule has 76 valence electrons. The molecule has 0 heterocycles. The number of rotatable bonds is 6. The van der Waals surface area contributed by atoms with Crippen molar-refractivity contribution in [1.29, 1.82) is 0 Å². The van der Waals surface area contributed by atoms with E-state index in [1.54, 1.807) is 0 Å². The van der Waals surface area contributed by atoms with Crippen molar-refractivity contribution in [3.63, 3.8) is 0 Å². The lowest BCUT2D eigenvalue weighted by molar-refractivity contribution is -0.107. The maximum Gasteiger partial charge on any atom is 0.121 e. The first-order valence-corrected chi connectivity index (χ1v) is 5.97. The molecule has 1 aromatic carbocycles. The Hall–Kier alpha value is -0.760. The van der Waals surface area contributed by atoms with Gasteiger partial charge in [0.25, 0.3) is 0 Å². The van der Waals surface area contributed by atoms with Gasteiger partial charge in [0.2, 0.25) is 0 Å². The van der Waals surface area contributed by atoms with Crippen molar-refractivity contribution in [2.24, 2.45) is 0 Å². The summed E-state index contributed by atoms with van der Waals surface area (Å²) >= 11 is 1.86. The molecule has 0 bridgehead atoms. The molecule has 14 heavy (non-hydrogen) atoms. The zero-order valence-electron chi connectivity index (χ0n) is 8.48. The number of carbonyl (C=O) groups excluding carboxylic acids is 1. The summed E-state index contributed by atoms with van der Waals surface area (Å²) in [4.78, 5) is 10.2. The van der Waals surface area contributed by atoms with Crippen LogP contribution in [-0.4, -0.2) is 17.3 Å². The molecular weight excluding hydrogens is 192 g/mol. The number of hydrogen-bond donors (Lipinski definition) is 0. The Balaban J connectivity index is 2.18. The Morgan fingerprint density at radius 3 is 2.71 bits per heavy atom. The zero-order chi connectivity index (χ0) is 10.2. The third-order valence-electron chi connectivity index (χ3n) is 2.06. The lowest BCUT2D eigenvalue weighted by Crippen LogP contribution is -1.99. The van der Waals surface area contributed by atoms with Crippen LogP contribution >= 0.6 is 11.8 Å². The van der Waals surface area contributed by atoms with Crippen molar-refractivity contribution in [3.8, 4) is 0 Å². The minimum absolute atomic E-state index is 0.455.